The Morgan fingerprint density at radius 1 is 1.11 bits per heavy atom. The molecular formula is C15H22NO2. The van der Waals surface area contributed by atoms with E-state index in [1.807, 2.05) is 6.07 Å². The summed E-state index contributed by atoms with van der Waals surface area (Å²) in [6.07, 6.45) is 5.16. The molecule has 0 heterocycles. The largest absolute Gasteiger partial charge is 0.450 e. The molecule has 0 aliphatic heterocycles. The summed E-state index contributed by atoms with van der Waals surface area (Å²) in [7, 11) is 0. The number of carbonyl (C=O) groups excluding carboxylic acids is 1. The Hall–Kier alpha value is -1.51. The lowest BCUT2D eigenvalue weighted by molar-refractivity contribution is 0.145. The molecule has 3 heteroatoms. The van der Waals surface area contributed by atoms with Gasteiger partial charge in [0.05, 0.1) is 6.61 Å². The fraction of sp³-hybridized carbons (Fsp3) is 0.467. The first-order valence-electron chi connectivity index (χ1n) is 6.56. The van der Waals surface area contributed by atoms with Gasteiger partial charge in [0.25, 0.3) is 0 Å². The third-order valence-corrected chi connectivity index (χ3v) is 2.71. The zero-order valence-corrected chi connectivity index (χ0v) is 10.9. The van der Waals surface area contributed by atoms with E-state index >= 15 is 0 Å². The number of aryl methyl sites for hydroxylation is 1. The van der Waals surface area contributed by atoms with Crippen LogP contribution in [0.3, 0.4) is 0 Å². The third-order valence-electron chi connectivity index (χ3n) is 2.71. The molecule has 0 aliphatic rings. The summed E-state index contributed by atoms with van der Waals surface area (Å²) < 4.78 is 4.96. The molecular weight excluding hydrogens is 226 g/mol. The Balaban J connectivity index is 1.92. The van der Waals surface area contributed by atoms with E-state index in [-0.39, 0.29) is 6.09 Å². The van der Waals surface area contributed by atoms with Crippen LogP contribution in [0.15, 0.2) is 30.3 Å². The maximum Gasteiger partial charge on any atom is 0.407 e. The predicted molar refractivity (Wildman–Crippen MR) is 73.3 cm³/mol. The van der Waals surface area contributed by atoms with Gasteiger partial charge in [-0.2, -0.15) is 0 Å². The topological polar surface area (TPSA) is 38.3 Å². The smallest absolute Gasteiger partial charge is 0.407 e. The number of rotatable bonds is 8. The first-order chi connectivity index (χ1) is 8.83. The van der Waals surface area contributed by atoms with Crippen molar-refractivity contribution in [2.45, 2.75) is 32.1 Å². The minimum absolute atomic E-state index is 0.366. The number of carbonyl (C=O) groups is 1. The van der Waals surface area contributed by atoms with Gasteiger partial charge in [0.1, 0.15) is 0 Å². The number of nitrogens with one attached hydrogen (secondary N) is 1. The Bertz CT molecular complexity index is 325. The molecule has 18 heavy (non-hydrogen) atoms. The summed E-state index contributed by atoms with van der Waals surface area (Å²) in [6, 6.07) is 10.5. The van der Waals surface area contributed by atoms with Crippen LogP contribution in [-0.4, -0.2) is 19.2 Å². The maximum atomic E-state index is 10.9. The molecule has 0 aromatic heterocycles. The van der Waals surface area contributed by atoms with Crippen LogP contribution >= 0.6 is 0 Å². The van der Waals surface area contributed by atoms with Gasteiger partial charge in [-0.25, -0.2) is 4.79 Å². The summed E-state index contributed by atoms with van der Waals surface area (Å²) in [6.45, 7) is 4.38. The molecule has 0 unspecified atom stereocenters. The number of alkyl carbamates (subject to hydrolysis) is 1. The van der Waals surface area contributed by atoms with E-state index in [1.54, 1.807) is 0 Å². The van der Waals surface area contributed by atoms with E-state index in [9.17, 15) is 4.79 Å². The van der Waals surface area contributed by atoms with E-state index < -0.39 is 0 Å². The summed E-state index contributed by atoms with van der Waals surface area (Å²) in [5, 5.41) is 2.50. The molecule has 0 bridgehead atoms. The van der Waals surface area contributed by atoms with Gasteiger partial charge in [-0.1, -0.05) is 43.2 Å². The van der Waals surface area contributed by atoms with Gasteiger partial charge in [0, 0.05) is 6.54 Å². The fourth-order valence-electron chi connectivity index (χ4n) is 1.75. The molecule has 0 aliphatic carbocycles. The van der Waals surface area contributed by atoms with Gasteiger partial charge >= 0.3 is 6.09 Å². The van der Waals surface area contributed by atoms with E-state index in [1.165, 1.54) is 18.4 Å². The van der Waals surface area contributed by atoms with Crippen molar-refractivity contribution in [1.29, 1.82) is 0 Å². The zero-order chi connectivity index (χ0) is 13.1. The first-order valence-corrected chi connectivity index (χ1v) is 6.56. The summed E-state index contributed by atoms with van der Waals surface area (Å²) in [4.78, 5) is 10.9. The normalized spacial score (nSPS) is 10.1. The molecule has 0 fully saturated rings. The lowest BCUT2D eigenvalue weighted by atomic mass is 10.1. The van der Waals surface area contributed by atoms with Crippen molar-refractivity contribution in [2.75, 3.05) is 13.2 Å². The van der Waals surface area contributed by atoms with Gasteiger partial charge in [0.15, 0.2) is 0 Å². The third kappa shape index (κ3) is 6.94. The zero-order valence-electron chi connectivity index (χ0n) is 10.9. The molecule has 1 radical (unpaired) electrons. The number of unbranched alkanes of at least 4 members (excludes halogenated alkanes) is 3. The highest BCUT2D eigenvalue weighted by Gasteiger charge is 1.98. The second-order valence-corrected chi connectivity index (χ2v) is 4.21. The Morgan fingerprint density at radius 3 is 2.56 bits per heavy atom. The number of hydrogen-bond acceptors (Lipinski definition) is 2. The fourth-order valence-corrected chi connectivity index (χ4v) is 1.75. The molecule has 3 nitrogen and oxygen atoms in total. The molecule has 1 aromatic rings. The Labute approximate surface area is 110 Å². The van der Waals surface area contributed by atoms with Crippen LogP contribution in [0.25, 0.3) is 0 Å². The second-order valence-electron chi connectivity index (χ2n) is 4.21. The van der Waals surface area contributed by atoms with Crippen molar-refractivity contribution in [2.24, 2.45) is 0 Å². The van der Waals surface area contributed by atoms with Crippen LogP contribution in [0.1, 0.15) is 31.2 Å². The van der Waals surface area contributed by atoms with Gasteiger partial charge in [-0.3, -0.25) is 0 Å². The molecule has 99 valence electrons. The maximum absolute atomic E-state index is 10.9. The predicted octanol–water partition coefficient (Wildman–Crippen LogP) is 3.35. The average molecular weight is 248 g/mol. The summed E-state index contributed by atoms with van der Waals surface area (Å²) >= 11 is 0. The molecule has 0 saturated carbocycles. The summed E-state index contributed by atoms with van der Waals surface area (Å²) in [5.74, 6) is 0. The van der Waals surface area contributed by atoms with Gasteiger partial charge in [-0.05, 0) is 31.7 Å². The van der Waals surface area contributed by atoms with E-state index in [0.29, 0.717) is 13.2 Å². The Morgan fingerprint density at radius 2 is 1.83 bits per heavy atom. The SMILES string of the molecule is [CH2]CNC(=O)OCCCCCCc1ccccc1. The molecule has 1 amide bonds. The second kappa shape index (κ2) is 9.51. The highest BCUT2D eigenvalue weighted by Crippen LogP contribution is 2.07. The molecule has 1 aromatic carbocycles. The minimum Gasteiger partial charge on any atom is -0.450 e. The van der Waals surface area contributed by atoms with Crippen molar-refractivity contribution in [1.82, 2.24) is 5.32 Å². The van der Waals surface area contributed by atoms with E-state index in [2.05, 4.69) is 36.5 Å². The first kappa shape index (κ1) is 14.6. The number of hydrogen-bond donors (Lipinski definition) is 1. The van der Waals surface area contributed by atoms with Crippen LogP contribution in [0.5, 0.6) is 0 Å². The summed E-state index contributed by atoms with van der Waals surface area (Å²) in [5.41, 5.74) is 1.39. The Kier molecular flexibility index (Phi) is 7.69. The van der Waals surface area contributed by atoms with Crippen molar-refractivity contribution in [3.63, 3.8) is 0 Å². The lowest BCUT2D eigenvalue weighted by Gasteiger charge is -2.05. The van der Waals surface area contributed by atoms with Crippen molar-refractivity contribution >= 4 is 6.09 Å². The lowest BCUT2D eigenvalue weighted by Crippen LogP contribution is -2.24. The van der Waals surface area contributed by atoms with E-state index in [4.69, 9.17) is 4.74 Å². The van der Waals surface area contributed by atoms with E-state index in [0.717, 1.165) is 19.3 Å². The van der Waals surface area contributed by atoms with Gasteiger partial charge in [-0.15, -0.1) is 0 Å². The van der Waals surface area contributed by atoms with Crippen LogP contribution in [0.4, 0.5) is 4.79 Å². The minimum atomic E-state index is -0.366. The molecule has 0 saturated heterocycles. The number of ether oxygens (including phenoxy) is 1. The number of amides is 1. The van der Waals surface area contributed by atoms with Crippen LogP contribution < -0.4 is 5.32 Å². The quantitative estimate of drug-likeness (QED) is 0.716. The van der Waals surface area contributed by atoms with Gasteiger partial charge < -0.3 is 10.1 Å². The van der Waals surface area contributed by atoms with Crippen LogP contribution in [-0.2, 0) is 11.2 Å². The van der Waals surface area contributed by atoms with Crippen LogP contribution in [0, 0.1) is 6.92 Å². The highest BCUT2D eigenvalue weighted by atomic mass is 16.5. The average Bonchev–Trinajstić information content (AvgIpc) is 2.39. The van der Waals surface area contributed by atoms with Gasteiger partial charge in [0.2, 0.25) is 0 Å². The molecule has 1 rings (SSSR count). The molecule has 0 spiro atoms. The van der Waals surface area contributed by atoms with Crippen molar-refractivity contribution in [3.05, 3.63) is 42.8 Å². The van der Waals surface area contributed by atoms with Crippen molar-refractivity contribution < 1.29 is 9.53 Å². The number of benzene rings is 1. The van der Waals surface area contributed by atoms with Crippen LogP contribution in [0.2, 0.25) is 0 Å². The van der Waals surface area contributed by atoms with Crippen molar-refractivity contribution in [3.8, 4) is 0 Å². The highest BCUT2D eigenvalue weighted by molar-refractivity contribution is 5.67. The standard InChI is InChI=1S/C15H22NO2/c1-2-16-15(17)18-13-9-4-3-6-10-14-11-7-5-8-12-14/h5,7-8,11-12H,1-4,6,9-10,13H2,(H,16,17). The molecule has 1 N–H and O–H groups in total. The molecule has 0 atom stereocenters. The monoisotopic (exact) mass is 248 g/mol.